The molecule has 1 aromatic carbocycles. The average Bonchev–Trinajstić information content (AvgIpc) is 2.56. The van der Waals surface area contributed by atoms with E-state index in [9.17, 15) is 15.1 Å². The molecule has 1 aromatic rings. The zero-order chi connectivity index (χ0) is 16.2. The molecule has 0 spiro atoms. The number of anilines is 1. The predicted molar refractivity (Wildman–Crippen MR) is 88.9 cm³/mol. The van der Waals surface area contributed by atoms with E-state index in [0.717, 1.165) is 19.3 Å². The average molecular weight is 307 g/mol. The molecular weight excluding hydrogens is 278 g/mol. The number of nitrogens with zero attached hydrogens (tertiary/aromatic N) is 1. The Hall–Kier alpha value is -1.39. The lowest BCUT2D eigenvalue weighted by Gasteiger charge is -2.16. The fourth-order valence-corrected chi connectivity index (χ4v) is 2.41. The van der Waals surface area contributed by atoms with Crippen LogP contribution in [0, 0.1) is 0 Å². The van der Waals surface area contributed by atoms with Crippen LogP contribution in [0.1, 0.15) is 64.7 Å². The minimum Gasteiger partial charge on any atom is -0.393 e. The first-order valence-electron chi connectivity index (χ1n) is 8.40. The van der Waals surface area contributed by atoms with Crippen LogP contribution in [0.15, 0.2) is 30.3 Å². The van der Waals surface area contributed by atoms with Crippen molar-refractivity contribution >= 4 is 11.6 Å². The minimum absolute atomic E-state index is 0.155. The van der Waals surface area contributed by atoms with Crippen LogP contribution in [0.2, 0.25) is 0 Å². The molecule has 0 radical (unpaired) electrons. The fourth-order valence-electron chi connectivity index (χ4n) is 2.41. The third-order valence-corrected chi connectivity index (χ3v) is 3.82. The number of carbonyl (C=O) groups excluding carboxylic acids is 1. The Morgan fingerprint density at radius 2 is 1.68 bits per heavy atom. The number of hydrogen-bond acceptors (Lipinski definition) is 3. The van der Waals surface area contributed by atoms with Crippen molar-refractivity contribution in [2.45, 2.75) is 70.8 Å². The van der Waals surface area contributed by atoms with Gasteiger partial charge >= 0.3 is 0 Å². The van der Waals surface area contributed by atoms with E-state index in [2.05, 4.69) is 6.92 Å². The summed E-state index contributed by atoms with van der Waals surface area (Å²) in [5.74, 6) is -0.381. The Bertz CT molecular complexity index is 408. The van der Waals surface area contributed by atoms with Crippen LogP contribution in [-0.4, -0.2) is 22.3 Å². The van der Waals surface area contributed by atoms with Gasteiger partial charge in [-0.15, -0.1) is 0 Å². The standard InChI is InChI=1S/C18H29NO3/c1-2-3-4-5-6-10-13-17(20)14-15-18(21)19(22)16-11-8-7-9-12-16/h7-9,11-12,17,20,22H,2-6,10,13-15H2,1H3. The number of aliphatic hydroxyl groups is 1. The molecule has 0 bridgehead atoms. The number of hydroxylamine groups is 1. The van der Waals surface area contributed by atoms with Crippen LogP contribution in [0.4, 0.5) is 5.69 Å². The van der Waals surface area contributed by atoms with Gasteiger partial charge in [-0.1, -0.05) is 63.6 Å². The van der Waals surface area contributed by atoms with Crippen LogP contribution in [0.5, 0.6) is 0 Å². The molecule has 0 saturated carbocycles. The second-order valence-electron chi connectivity index (χ2n) is 5.79. The number of benzene rings is 1. The number of rotatable bonds is 11. The maximum atomic E-state index is 11.9. The largest absolute Gasteiger partial charge is 0.393 e. The van der Waals surface area contributed by atoms with Gasteiger partial charge in [-0.2, -0.15) is 5.06 Å². The van der Waals surface area contributed by atoms with Gasteiger partial charge in [0.1, 0.15) is 0 Å². The van der Waals surface area contributed by atoms with Crippen molar-refractivity contribution in [3.8, 4) is 0 Å². The summed E-state index contributed by atoms with van der Waals surface area (Å²) in [7, 11) is 0. The number of aliphatic hydroxyl groups excluding tert-OH is 1. The lowest BCUT2D eigenvalue weighted by atomic mass is 10.0. The molecule has 0 fully saturated rings. The van der Waals surface area contributed by atoms with Crippen molar-refractivity contribution in [1.82, 2.24) is 0 Å². The van der Waals surface area contributed by atoms with E-state index in [1.54, 1.807) is 24.3 Å². The molecule has 22 heavy (non-hydrogen) atoms. The zero-order valence-corrected chi connectivity index (χ0v) is 13.6. The molecule has 1 rings (SSSR count). The molecule has 2 N–H and O–H groups in total. The molecule has 4 nitrogen and oxygen atoms in total. The van der Waals surface area contributed by atoms with E-state index < -0.39 is 6.10 Å². The Labute approximate surface area is 133 Å². The summed E-state index contributed by atoms with van der Waals surface area (Å²) < 4.78 is 0. The van der Waals surface area contributed by atoms with E-state index in [1.807, 2.05) is 6.07 Å². The van der Waals surface area contributed by atoms with Gasteiger partial charge in [0, 0.05) is 6.42 Å². The molecular formula is C18H29NO3. The lowest BCUT2D eigenvalue weighted by molar-refractivity contribution is -0.124. The van der Waals surface area contributed by atoms with Crippen molar-refractivity contribution in [2.24, 2.45) is 0 Å². The predicted octanol–water partition coefficient (Wildman–Crippen LogP) is 4.30. The van der Waals surface area contributed by atoms with E-state index >= 15 is 0 Å². The Morgan fingerprint density at radius 3 is 2.36 bits per heavy atom. The van der Waals surface area contributed by atoms with Crippen LogP contribution < -0.4 is 5.06 Å². The molecule has 4 heteroatoms. The molecule has 0 aromatic heterocycles. The third-order valence-electron chi connectivity index (χ3n) is 3.82. The maximum absolute atomic E-state index is 11.9. The second-order valence-corrected chi connectivity index (χ2v) is 5.79. The highest BCUT2D eigenvalue weighted by atomic mass is 16.5. The van der Waals surface area contributed by atoms with E-state index in [1.165, 1.54) is 25.7 Å². The summed E-state index contributed by atoms with van der Waals surface area (Å²) in [6.45, 7) is 2.20. The topological polar surface area (TPSA) is 60.8 Å². The molecule has 1 amide bonds. The first kappa shape index (κ1) is 18.7. The monoisotopic (exact) mass is 307 g/mol. The number of amides is 1. The smallest absolute Gasteiger partial charge is 0.250 e. The maximum Gasteiger partial charge on any atom is 0.250 e. The fraction of sp³-hybridized carbons (Fsp3) is 0.611. The number of carbonyl (C=O) groups is 1. The highest BCUT2D eigenvalue weighted by Crippen LogP contribution is 2.15. The Balaban J connectivity index is 2.15. The van der Waals surface area contributed by atoms with Crippen molar-refractivity contribution in [3.63, 3.8) is 0 Å². The van der Waals surface area contributed by atoms with Gasteiger partial charge < -0.3 is 5.11 Å². The van der Waals surface area contributed by atoms with E-state index in [4.69, 9.17) is 0 Å². The molecule has 0 aliphatic carbocycles. The summed E-state index contributed by atoms with van der Waals surface area (Å²) in [5, 5.41) is 20.4. The summed E-state index contributed by atoms with van der Waals surface area (Å²) in [6.07, 6.45) is 7.98. The zero-order valence-electron chi connectivity index (χ0n) is 13.6. The van der Waals surface area contributed by atoms with Crippen molar-refractivity contribution < 1.29 is 15.1 Å². The molecule has 0 saturated heterocycles. The number of para-hydroxylation sites is 1. The van der Waals surface area contributed by atoms with Gasteiger partial charge in [0.25, 0.3) is 5.91 Å². The second kappa shape index (κ2) is 11.2. The van der Waals surface area contributed by atoms with E-state index in [0.29, 0.717) is 17.2 Å². The Kier molecular flexibility index (Phi) is 9.51. The first-order chi connectivity index (χ1) is 10.6. The van der Waals surface area contributed by atoms with Gasteiger partial charge in [-0.3, -0.25) is 10.0 Å². The molecule has 1 unspecified atom stereocenters. The van der Waals surface area contributed by atoms with Gasteiger partial charge in [0.05, 0.1) is 11.8 Å². The highest BCUT2D eigenvalue weighted by Gasteiger charge is 2.14. The SMILES string of the molecule is CCCCCCCCC(O)CCC(=O)N(O)c1ccccc1. The lowest BCUT2D eigenvalue weighted by Crippen LogP contribution is -2.27. The van der Waals surface area contributed by atoms with Crippen LogP contribution in [0.25, 0.3) is 0 Å². The molecule has 1 atom stereocenters. The van der Waals surface area contributed by atoms with Gasteiger partial charge in [-0.25, -0.2) is 0 Å². The van der Waals surface area contributed by atoms with Crippen molar-refractivity contribution in [2.75, 3.05) is 5.06 Å². The van der Waals surface area contributed by atoms with Crippen LogP contribution in [-0.2, 0) is 4.79 Å². The van der Waals surface area contributed by atoms with Gasteiger partial charge in [0.2, 0.25) is 0 Å². The number of hydrogen-bond donors (Lipinski definition) is 2. The highest BCUT2D eigenvalue weighted by molar-refractivity contribution is 5.90. The summed E-state index contributed by atoms with van der Waals surface area (Å²) in [6, 6.07) is 8.69. The van der Waals surface area contributed by atoms with Gasteiger partial charge in [0.15, 0.2) is 0 Å². The molecule has 0 aliphatic rings. The normalized spacial score (nSPS) is 12.1. The van der Waals surface area contributed by atoms with Crippen LogP contribution >= 0.6 is 0 Å². The van der Waals surface area contributed by atoms with Gasteiger partial charge in [-0.05, 0) is 25.0 Å². The Morgan fingerprint density at radius 1 is 1.05 bits per heavy atom. The quantitative estimate of drug-likeness (QED) is 0.364. The number of unbranched alkanes of at least 4 members (excludes halogenated alkanes) is 5. The van der Waals surface area contributed by atoms with Crippen molar-refractivity contribution in [3.05, 3.63) is 30.3 Å². The summed E-state index contributed by atoms with van der Waals surface area (Å²) >= 11 is 0. The third kappa shape index (κ3) is 7.57. The molecule has 0 aliphatic heterocycles. The van der Waals surface area contributed by atoms with E-state index in [-0.39, 0.29) is 12.3 Å². The molecule has 124 valence electrons. The molecule has 0 heterocycles. The minimum atomic E-state index is -0.459. The summed E-state index contributed by atoms with van der Waals surface area (Å²) in [5.41, 5.74) is 0.456. The summed E-state index contributed by atoms with van der Waals surface area (Å²) in [4.78, 5) is 11.9. The van der Waals surface area contributed by atoms with Crippen molar-refractivity contribution in [1.29, 1.82) is 0 Å². The first-order valence-corrected chi connectivity index (χ1v) is 8.40. The van der Waals surface area contributed by atoms with Crippen LogP contribution in [0.3, 0.4) is 0 Å².